The van der Waals surface area contributed by atoms with Crippen molar-refractivity contribution in [3.63, 3.8) is 0 Å². The predicted octanol–water partition coefficient (Wildman–Crippen LogP) is 2.77. The molecule has 1 saturated heterocycles. The fourth-order valence-corrected chi connectivity index (χ4v) is 3.32. The minimum Gasteiger partial charge on any atom is -0.384 e. The SMILES string of the molecule is Cc1ccc2c(c1)C1(CCN(C(C)C)C1)CN2. The summed E-state index contributed by atoms with van der Waals surface area (Å²) < 4.78 is 0. The lowest BCUT2D eigenvalue weighted by atomic mass is 9.81. The summed E-state index contributed by atoms with van der Waals surface area (Å²) >= 11 is 0. The van der Waals surface area contributed by atoms with Gasteiger partial charge in [0.15, 0.2) is 0 Å². The van der Waals surface area contributed by atoms with Crippen LogP contribution in [0, 0.1) is 6.92 Å². The van der Waals surface area contributed by atoms with E-state index in [0.717, 1.165) is 6.54 Å². The number of rotatable bonds is 1. The van der Waals surface area contributed by atoms with Gasteiger partial charge >= 0.3 is 0 Å². The lowest BCUT2D eigenvalue weighted by Gasteiger charge is -2.26. The van der Waals surface area contributed by atoms with Gasteiger partial charge in [0.05, 0.1) is 0 Å². The van der Waals surface area contributed by atoms with Gasteiger partial charge in [0.2, 0.25) is 0 Å². The molecule has 2 aliphatic heterocycles. The number of fused-ring (bicyclic) bond motifs is 2. The van der Waals surface area contributed by atoms with Gasteiger partial charge in [-0.3, -0.25) is 4.90 Å². The minimum absolute atomic E-state index is 0.381. The number of anilines is 1. The number of hydrogen-bond donors (Lipinski definition) is 1. The second-order valence-electron chi connectivity index (χ2n) is 6.00. The first-order chi connectivity index (χ1) is 8.11. The molecule has 1 fully saturated rings. The third-order valence-corrected chi connectivity index (χ3v) is 4.48. The lowest BCUT2D eigenvalue weighted by Crippen LogP contribution is -2.35. The molecule has 17 heavy (non-hydrogen) atoms. The molecule has 0 amide bonds. The molecule has 3 rings (SSSR count). The quantitative estimate of drug-likeness (QED) is 0.798. The molecule has 0 aromatic heterocycles. The largest absolute Gasteiger partial charge is 0.384 e. The first-order valence-electron chi connectivity index (χ1n) is 6.70. The number of benzene rings is 1. The normalized spacial score (nSPS) is 27.8. The Balaban J connectivity index is 1.95. The zero-order chi connectivity index (χ0) is 12.0. The predicted molar refractivity (Wildman–Crippen MR) is 72.7 cm³/mol. The standard InChI is InChI=1S/C15H22N2/c1-11(2)17-7-6-15(10-17)9-16-14-5-4-12(3)8-13(14)15/h4-5,8,11,16H,6-7,9-10H2,1-3H3. The Morgan fingerprint density at radius 1 is 1.35 bits per heavy atom. The summed E-state index contributed by atoms with van der Waals surface area (Å²) in [6.45, 7) is 10.4. The van der Waals surface area contributed by atoms with Gasteiger partial charge in [-0.2, -0.15) is 0 Å². The third kappa shape index (κ3) is 1.66. The van der Waals surface area contributed by atoms with E-state index in [1.54, 1.807) is 5.56 Å². The molecular weight excluding hydrogens is 208 g/mol. The molecule has 1 atom stereocenters. The Morgan fingerprint density at radius 3 is 2.88 bits per heavy atom. The van der Waals surface area contributed by atoms with Gasteiger partial charge in [-0.05, 0) is 45.4 Å². The second kappa shape index (κ2) is 3.74. The van der Waals surface area contributed by atoms with Crippen molar-refractivity contribution < 1.29 is 0 Å². The Hall–Kier alpha value is -1.02. The smallest absolute Gasteiger partial charge is 0.0380 e. The van der Waals surface area contributed by atoms with Crippen molar-refractivity contribution in [3.05, 3.63) is 29.3 Å². The van der Waals surface area contributed by atoms with Crippen LogP contribution in [0.2, 0.25) is 0 Å². The summed E-state index contributed by atoms with van der Waals surface area (Å²) in [4.78, 5) is 2.61. The van der Waals surface area contributed by atoms with E-state index in [-0.39, 0.29) is 0 Å². The van der Waals surface area contributed by atoms with E-state index in [0.29, 0.717) is 11.5 Å². The highest BCUT2D eigenvalue weighted by Gasteiger charge is 2.44. The Bertz CT molecular complexity index is 439. The van der Waals surface area contributed by atoms with E-state index in [2.05, 4.69) is 49.2 Å². The molecule has 2 heterocycles. The van der Waals surface area contributed by atoms with E-state index in [1.165, 1.54) is 30.8 Å². The molecule has 2 nitrogen and oxygen atoms in total. The van der Waals surface area contributed by atoms with Crippen LogP contribution < -0.4 is 5.32 Å². The molecule has 0 bridgehead atoms. The number of aryl methyl sites for hydroxylation is 1. The Morgan fingerprint density at radius 2 is 2.18 bits per heavy atom. The molecule has 0 aliphatic carbocycles. The maximum Gasteiger partial charge on any atom is 0.0380 e. The van der Waals surface area contributed by atoms with Crippen LogP contribution in [-0.4, -0.2) is 30.6 Å². The molecular formula is C15H22N2. The zero-order valence-electron chi connectivity index (χ0n) is 11.1. The summed E-state index contributed by atoms with van der Waals surface area (Å²) in [5, 5.41) is 3.59. The highest BCUT2D eigenvalue weighted by molar-refractivity contribution is 5.62. The molecule has 2 aliphatic rings. The van der Waals surface area contributed by atoms with Crippen molar-refractivity contribution in [1.82, 2.24) is 4.90 Å². The highest BCUT2D eigenvalue weighted by atomic mass is 15.2. The summed E-state index contributed by atoms with van der Waals surface area (Å²) in [5.74, 6) is 0. The molecule has 1 unspecified atom stereocenters. The van der Waals surface area contributed by atoms with Gasteiger partial charge in [0.1, 0.15) is 0 Å². The minimum atomic E-state index is 0.381. The van der Waals surface area contributed by atoms with Crippen LogP contribution in [0.5, 0.6) is 0 Å². The Kier molecular flexibility index (Phi) is 2.44. The number of hydrogen-bond acceptors (Lipinski definition) is 2. The van der Waals surface area contributed by atoms with Crippen molar-refractivity contribution in [3.8, 4) is 0 Å². The van der Waals surface area contributed by atoms with Crippen molar-refractivity contribution in [1.29, 1.82) is 0 Å². The van der Waals surface area contributed by atoms with Gasteiger partial charge in [-0.15, -0.1) is 0 Å². The van der Waals surface area contributed by atoms with Crippen LogP contribution in [0.1, 0.15) is 31.4 Å². The number of likely N-dealkylation sites (tertiary alicyclic amines) is 1. The lowest BCUT2D eigenvalue weighted by molar-refractivity contribution is 0.260. The first kappa shape index (κ1) is 11.1. The van der Waals surface area contributed by atoms with E-state index in [9.17, 15) is 0 Å². The van der Waals surface area contributed by atoms with Gasteiger partial charge in [-0.25, -0.2) is 0 Å². The topological polar surface area (TPSA) is 15.3 Å². The maximum absolute atomic E-state index is 3.59. The number of nitrogens with zero attached hydrogens (tertiary/aromatic N) is 1. The zero-order valence-corrected chi connectivity index (χ0v) is 11.1. The van der Waals surface area contributed by atoms with Gasteiger partial charge in [0.25, 0.3) is 0 Å². The van der Waals surface area contributed by atoms with Crippen molar-refractivity contribution in [2.24, 2.45) is 0 Å². The molecule has 1 aromatic carbocycles. The van der Waals surface area contributed by atoms with Crippen LogP contribution in [-0.2, 0) is 5.41 Å². The van der Waals surface area contributed by atoms with E-state index < -0.39 is 0 Å². The summed E-state index contributed by atoms with van der Waals surface area (Å²) in [6, 6.07) is 7.51. The van der Waals surface area contributed by atoms with E-state index in [1.807, 2.05) is 0 Å². The van der Waals surface area contributed by atoms with Gasteiger partial charge < -0.3 is 5.32 Å². The van der Waals surface area contributed by atoms with E-state index in [4.69, 9.17) is 0 Å². The fraction of sp³-hybridized carbons (Fsp3) is 0.600. The van der Waals surface area contributed by atoms with Crippen molar-refractivity contribution in [2.45, 2.75) is 38.6 Å². The van der Waals surface area contributed by atoms with Crippen LogP contribution in [0.15, 0.2) is 18.2 Å². The molecule has 0 radical (unpaired) electrons. The maximum atomic E-state index is 3.59. The van der Waals surface area contributed by atoms with Gasteiger partial charge in [-0.1, -0.05) is 17.7 Å². The Labute approximate surface area is 104 Å². The van der Waals surface area contributed by atoms with Crippen LogP contribution in [0.4, 0.5) is 5.69 Å². The first-order valence-corrected chi connectivity index (χ1v) is 6.70. The van der Waals surface area contributed by atoms with Crippen molar-refractivity contribution >= 4 is 5.69 Å². The van der Waals surface area contributed by atoms with Gasteiger partial charge in [0, 0.05) is 30.2 Å². The molecule has 2 heteroatoms. The van der Waals surface area contributed by atoms with Crippen LogP contribution in [0.25, 0.3) is 0 Å². The molecule has 92 valence electrons. The average molecular weight is 230 g/mol. The summed E-state index contributed by atoms with van der Waals surface area (Å²) in [7, 11) is 0. The summed E-state index contributed by atoms with van der Waals surface area (Å²) in [6.07, 6.45) is 1.30. The summed E-state index contributed by atoms with van der Waals surface area (Å²) in [5.41, 5.74) is 4.68. The fourth-order valence-electron chi connectivity index (χ4n) is 3.32. The molecule has 1 N–H and O–H groups in total. The molecule has 1 aromatic rings. The molecule has 0 saturated carbocycles. The van der Waals surface area contributed by atoms with E-state index >= 15 is 0 Å². The third-order valence-electron chi connectivity index (χ3n) is 4.48. The number of nitrogens with one attached hydrogen (secondary N) is 1. The van der Waals surface area contributed by atoms with Crippen molar-refractivity contribution in [2.75, 3.05) is 25.0 Å². The average Bonchev–Trinajstić information content (AvgIpc) is 2.86. The van der Waals surface area contributed by atoms with Crippen LogP contribution in [0.3, 0.4) is 0 Å². The monoisotopic (exact) mass is 230 g/mol. The highest BCUT2D eigenvalue weighted by Crippen LogP contribution is 2.43. The second-order valence-corrected chi connectivity index (χ2v) is 6.00. The van der Waals surface area contributed by atoms with Crippen LogP contribution >= 0.6 is 0 Å². The molecule has 1 spiro atoms.